The standard InChI is InChI=1S/C34H32F2N5O7PS/c35-34(36,49(46,47)48)20-5-8-27-19(10-20)13-28(50-27)29(42)38-25-12-18-9-17(18)11-22-6-7-26(41(22)30(25)43)31(44)40-15-21(14-37)33(16-40)23-3-1-2-4-24(23)39-32(33)45/h1-5,8,10,13,17-18,21-22,25-26H,6-7,9,11-12,15-16H2,(H,38,42)(H,39,45)(H2,46,47,48)/t17-,18+,21+,22-,25+,26+,33-/m1/s1. The van der Waals surface area contributed by atoms with E-state index >= 15 is 0 Å². The number of amides is 4. The Morgan fingerprint density at radius 1 is 1.08 bits per heavy atom. The molecule has 50 heavy (non-hydrogen) atoms. The number of carbonyl (C=O) groups excluding carboxylic acids is 4. The van der Waals surface area contributed by atoms with Crippen molar-refractivity contribution >= 4 is 58.3 Å². The summed E-state index contributed by atoms with van der Waals surface area (Å²) in [6.07, 6.45) is 3.04. The molecule has 0 unspecified atom stereocenters. The highest BCUT2D eigenvalue weighted by molar-refractivity contribution is 7.52. The number of carbonyl (C=O) groups is 4. The molecule has 3 saturated heterocycles. The zero-order valence-electron chi connectivity index (χ0n) is 26.4. The van der Waals surface area contributed by atoms with Gasteiger partial charge in [-0.3, -0.25) is 23.7 Å². The highest BCUT2D eigenvalue weighted by Gasteiger charge is 2.60. The van der Waals surface area contributed by atoms with E-state index in [2.05, 4.69) is 16.7 Å². The van der Waals surface area contributed by atoms with E-state index < -0.39 is 48.1 Å². The normalized spacial score (nSPS) is 30.3. The number of nitrogens with one attached hydrogen (secondary N) is 2. The van der Waals surface area contributed by atoms with Crippen molar-refractivity contribution in [2.75, 3.05) is 18.4 Å². The molecule has 260 valence electrons. The molecule has 12 nitrogen and oxygen atoms in total. The summed E-state index contributed by atoms with van der Waals surface area (Å²) in [4.78, 5) is 77.1. The molecule has 4 amide bonds. The minimum absolute atomic E-state index is 0.00864. The van der Waals surface area contributed by atoms with Gasteiger partial charge < -0.3 is 30.2 Å². The average Bonchev–Trinajstić information content (AvgIpc) is 3.46. The lowest BCUT2D eigenvalue weighted by Crippen LogP contribution is -2.57. The summed E-state index contributed by atoms with van der Waals surface area (Å²) in [5.41, 5.74) is -5.21. The number of anilines is 1. The Morgan fingerprint density at radius 2 is 1.84 bits per heavy atom. The molecule has 4 N–H and O–H groups in total. The Labute approximate surface area is 288 Å². The maximum Gasteiger partial charge on any atom is 0.399 e. The summed E-state index contributed by atoms with van der Waals surface area (Å²) in [5, 5.41) is 16.0. The molecule has 1 spiro atoms. The van der Waals surface area contributed by atoms with Crippen LogP contribution in [0.5, 0.6) is 0 Å². The minimum atomic E-state index is -5.79. The van der Waals surface area contributed by atoms with Crippen molar-refractivity contribution in [2.24, 2.45) is 17.8 Å². The van der Waals surface area contributed by atoms with Crippen LogP contribution in [0.25, 0.3) is 10.1 Å². The van der Waals surface area contributed by atoms with Crippen molar-refractivity contribution in [2.45, 2.75) is 61.3 Å². The quantitative estimate of drug-likeness (QED) is 0.286. The maximum atomic E-state index is 14.4. The molecule has 0 radical (unpaired) electrons. The Bertz CT molecular complexity index is 2080. The fourth-order valence-corrected chi connectivity index (χ4v) is 10.0. The number of nitrogens with zero attached hydrogens (tertiary/aromatic N) is 3. The van der Waals surface area contributed by atoms with Crippen LogP contribution >= 0.6 is 18.9 Å². The topological polar surface area (TPSA) is 180 Å². The van der Waals surface area contributed by atoms with E-state index in [0.29, 0.717) is 41.1 Å². The van der Waals surface area contributed by atoms with Crippen LogP contribution in [0.3, 0.4) is 0 Å². The number of para-hydroxylation sites is 1. The van der Waals surface area contributed by atoms with E-state index in [0.717, 1.165) is 36.3 Å². The van der Waals surface area contributed by atoms with Gasteiger partial charge in [-0.25, -0.2) is 0 Å². The number of thiophene rings is 1. The molecule has 5 heterocycles. The van der Waals surface area contributed by atoms with Crippen LogP contribution in [-0.4, -0.2) is 74.4 Å². The van der Waals surface area contributed by atoms with E-state index in [1.165, 1.54) is 17.0 Å². The van der Waals surface area contributed by atoms with Gasteiger partial charge in [0.25, 0.3) is 5.91 Å². The zero-order chi connectivity index (χ0) is 35.3. The van der Waals surface area contributed by atoms with E-state index in [1.807, 2.05) is 0 Å². The number of fused-ring (bicyclic) bond motifs is 5. The molecule has 3 aromatic rings. The second-order valence-corrected chi connectivity index (χ2v) is 16.8. The van der Waals surface area contributed by atoms with Crippen molar-refractivity contribution in [1.82, 2.24) is 15.1 Å². The molecule has 4 fully saturated rings. The molecule has 5 aliphatic rings. The Kier molecular flexibility index (Phi) is 7.51. The number of likely N-dealkylation sites (tertiary alicyclic amines) is 1. The third-order valence-corrected chi connectivity index (χ3v) is 13.4. The molecule has 4 aliphatic heterocycles. The summed E-state index contributed by atoms with van der Waals surface area (Å²) in [5.74, 6) is -1.86. The first-order chi connectivity index (χ1) is 23.7. The number of hydrogen-bond acceptors (Lipinski definition) is 7. The monoisotopic (exact) mass is 723 g/mol. The molecular weight excluding hydrogens is 691 g/mol. The van der Waals surface area contributed by atoms with Gasteiger partial charge in [0.1, 0.15) is 17.5 Å². The molecule has 2 aromatic carbocycles. The maximum absolute atomic E-state index is 14.4. The van der Waals surface area contributed by atoms with Crippen molar-refractivity contribution in [1.29, 1.82) is 5.26 Å². The van der Waals surface area contributed by atoms with E-state index in [1.54, 1.807) is 29.2 Å². The highest BCUT2D eigenvalue weighted by Crippen LogP contribution is 2.59. The third kappa shape index (κ3) is 4.98. The van der Waals surface area contributed by atoms with Gasteiger partial charge in [0.15, 0.2) is 0 Å². The lowest BCUT2D eigenvalue weighted by molar-refractivity contribution is -0.147. The van der Waals surface area contributed by atoms with Gasteiger partial charge in [0.2, 0.25) is 17.7 Å². The van der Waals surface area contributed by atoms with Gasteiger partial charge in [0.05, 0.1) is 16.9 Å². The first-order valence-corrected chi connectivity index (χ1v) is 18.9. The number of hydrogen-bond donors (Lipinski definition) is 4. The zero-order valence-corrected chi connectivity index (χ0v) is 28.1. The summed E-state index contributed by atoms with van der Waals surface area (Å²) >= 11 is 0.995. The van der Waals surface area contributed by atoms with Crippen LogP contribution in [0, 0.1) is 29.1 Å². The van der Waals surface area contributed by atoms with Crippen molar-refractivity contribution < 1.29 is 42.3 Å². The van der Waals surface area contributed by atoms with Gasteiger partial charge in [-0.2, -0.15) is 14.0 Å². The fraction of sp³-hybridized carbons (Fsp3) is 0.441. The van der Waals surface area contributed by atoms with Gasteiger partial charge in [-0.1, -0.05) is 24.3 Å². The van der Waals surface area contributed by atoms with Gasteiger partial charge in [0, 0.05) is 35.1 Å². The molecule has 7 atom stereocenters. The van der Waals surface area contributed by atoms with Gasteiger partial charge >= 0.3 is 13.3 Å². The highest BCUT2D eigenvalue weighted by atomic mass is 32.1. The lowest BCUT2D eigenvalue weighted by atomic mass is 9.74. The summed E-state index contributed by atoms with van der Waals surface area (Å²) in [6, 6.07) is 11.9. The second-order valence-electron chi connectivity index (χ2n) is 14.1. The first-order valence-electron chi connectivity index (χ1n) is 16.4. The van der Waals surface area contributed by atoms with Crippen molar-refractivity contribution in [3.63, 3.8) is 0 Å². The molecule has 1 aliphatic carbocycles. The fourth-order valence-electron chi connectivity index (χ4n) is 8.59. The molecular formula is C34H32F2N5O7PS. The number of alkyl halides is 2. The third-order valence-electron chi connectivity index (χ3n) is 11.2. The van der Waals surface area contributed by atoms with Gasteiger partial charge in [-0.05, 0) is 79.2 Å². The van der Waals surface area contributed by atoms with E-state index in [4.69, 9.17) is 9.79 Å². The lowest BCUT2D eigenvalue weighted by Gasteiger charge is -2.36. The predicted octanol–water partition coefficient (Wildman–Crippen LogP) is 3.89. The summed E-state index contributed by atoms with van der Waals surface area (Å²) in [6.45, 7) is 0.0492. The molecule has 16 heteroatoms. The van der Waals surface area contributed by atoms with Crippen LogP contribution in [0.2, 0.25) is 0 Å². The van der Waals surface area contributed by atoms with Crippen molar-refractivity contribution in [3.05, 3.63) is 64.5 Å². The number of nitriles is 1. The van der Waals surface area contributed by atoms with Crippen molar-refractivity contribution in [3.8, 4) is 6.07 Å². The molecule has 1 saturated carbocycles. The number of rotatable bonds is 5. The molecule has 0 bridgehead atoms. The smallest absolute Gasteiger partial charge is 0.340 e. The average molecular weight is 724 g/mol. The van der Waals surface area contributed by atoms with Crippen LogP contribution in [0.4, 0.5) is 14.5 Å². The second kappa shape index (κ2) is 11.4. The Morgan fingerprint density at radius 3 is 2.60 bits per heavy atom. The largest absolute Gasteiger partial charge is 0.399 e. The summed E-state index contributed by atoms with van der Waals surface area (Å²) in [7, 11) is -5.79. The minimum Gasteiger partial charge on any atom is -0.340 e. The first kappa shape index (κ1) is 33.0. The number of benzene rings is 2. The Balaban J connectivity index is 1.04. The van der Waals surface area contributed by atoms with Crippen LogP contribution < -0.4 is 10.6 Å². The predicted molar refractivity (Wildman–Crippen MR) is 176 cm³/mol. The van der Waals surface area contributed by atoms with Gasteiger partial charge in [-0.15, -0.1) is 11.3 Å². The molecule has 1 aromatic heterocycles. The SMILES string of the molecule is N#C[C@H]1CN(C(=O)[C@@H]2CC[C@@H]3C[C@H]4C[C@H]4C[C@H](NC(=O)c4cc5cc(C(F)(F)P(=O)(O)O)ccc5s4)C(=O)N32)C[C@@]12C(=O)Nc1ccccc12. The number of halogens is 2. The van der Waals surface area contributed by atoms with Crippen LogP contribution in [0.15, 0.2) is 48.5 Å². The van der Waals surface area contributed by atoms with Crippen LogP contribution in [0.1, 0.15) is 52.9 Å². The van der Waals surface area contributed by atoms with E-state index in [-0.39, 0.29) is 53.0 Å². The van der Waals surface area contributed by atoms with Crippen LogP contribution in [-0.2, 0) is 30.0 Å². The van der Waals surface area contributed by atoms with E-state index in [9.17, 15) is 37.8 Å². The molecule has 8 rings (SSSR count). The Hall–Kier alpha value is -4.22. The summed E-state index contributed by atoms with van der Waals surface area (Å²) < 4.78 is 40.6.